The van der Waals surface area contributed by atoms with Crippen LogP contribution in [0.25, 0.3) is 0 Å². The summed E-state index contributed by atoms with van der Waals surface area (Å²) in [6.45, 7) is 4.62. The highest BCUT2D eigenvalue weighted by Crippen LogP contribution is 2.27. The maximum atomic E-state index is 12.3. The second kappa shape index (κ2) is 5.73. The quantitative estimate of drug-likeness (QED) is 0.864. The first-order valence-corrected chi connectivity index (χ1v) is 6.39. The van der Waals surface area contributed by atoms with Crippen LogP contribution in [-0.4, -0.2) is 40.8 Å². The van der Waals surface area contributed by atoms with E-state index >= 15 is 0 Å². The van der Waals surface area contributed by atoms with Crippen molar-refractivity contribution in [3.63, 3.8) is 0 Å². The molecule has 19 heavy (non-hydrogen) atoms. The van der Waals surface area contributed by atoms with Crippen LogP contribution in [0.4, 0.5) is 19.0 Å². The molecule has 2 rings (SSSR count). The van der Waals surface area contributed by atoms with Gasteiger partial charge in [0, 0.05) is 19.1 Å². The Morgan fingerprint density at radius 2 is 2.05 bits per heavy atom. The highest BCUT2D eigenvalue weighted by molar-refractivity contribution is 5.33. The smallest absolute Gasteiger partial charge is 0.367 e. The summed E-state index contributed by atoms with van der Waals surface area (Å²) in [4.78, 5) is 2.35. The number of halogens is 3. The van der Waals surface area contributed by atoms with Crippen LogP contribution in [0.15, 0.2) is 12.1 Å². The zero-order valence-electron chi connectivity index (χ0n) is 10.7. The van der Waals surface area contributed by atoms with Crippen LogP contribution in [0.2, 0.25) is 0 Å². The van der Waals surface area contributed by atoms with E-state index in [1.165, 1.54) is 18.9 Å². The molecule has 106 valence electrons. The van der Waals surface area contributed by atoms with Crippen molar-refractivity contribution in [3.05, 3.63) is 17.8 Å². The third-order valence-corrected chi connectivity index (χ3v) is 3.13. The van der Waals surface area contributed by atoms with Crippen molar-refractivity contribution in [1.82, 2.24) is 15.1 Å². The van der Waals surface area contributed by atoms with Gasteiger partial charge in [-0.2, -0.15) is 13.2 Å². The van der Waals surface area contributed by atoms with Crippen LogP contribution in [-0.2, 0) is 6.18 Å². The van der Waals surface area contributed by atoms with Gasteiger partial charge < -0.3 is 5.32 Å². The number of nitrogens with zero attached hydrogens (tertiary/aromatic N) is 3. The molecule has 1 N–H and O–H groups in total. The maximum absolute atomic E-state index is 12.3. The number of alkyl halides is 3. The van der Waals surface area contributed by atoms with Crippen LogP contribution in [0.5, 0.6) is 0 Å². The molecule has 0 atom stereocenters. The third kappa shape index (κ3) is 4.05. The van der Waals surface area contributed by atoms with Gasteiger partial charge in [-0.25, -0.2) is 0 Å². The van der Waals surface area contributed by atoms with E-state index in [1.807, 2.05) is 0 Å². The van der Waals surface area contributed by atoms with Gasteiger partial charge in [0.05, 0.1) is 0 Å². The van der Waals surface area contributed by atoms with Crippen molar-refractivity contribution < 1.29 is 13.2 Å². The molecular formula is C12H17F3N4. The average molecular weight is 274 g/mol. The van der Waals surface area contributed by atoms with E-state index in [-0.39, 0.29) is 0 Å². The highest BCUT2D eigenvalue weighted by Gasteiger charge is 2.32. The summed E-state index contributed by atoms with van der Waals surface area (Å²) in [5.74, 6) is 0.375. The normalized spacial score (nSPS) is 15.8. The van der Waals surface area contributed by atoms with Gasteiger partial charge in [0.1, 0.15) is 5.82 Å². The predicted molar refractivity (Wildman–Crippen MR) is 65.8 cm³/mol. The minimum Gasteiger partial charge on any atom is -0.367 e. The fourth-order valence-corrected chi connectivity index (χ4v) is 1.94. The lowest BCUT2D eigenvalue weighted by molar-refractivity contribution is -0.141. The summed E-state index contributed by atoms with van der Waals surface area (Å²) >= 11 is 0. The summed E-state index contributed by atoms with van der Waals surface area (Å²) < 4.78 is 36.9. The average Bonchev–Trinajstić information content (AvgIpc) is 3.18. The van der Waals surface area contributed by atoms with E-state index < -0.39 is 11.9 Å². The lowest BCUT2D eigenvalue weighted by Gasteiger charge is -2.19. The topological polar surface area (TPSA) is 41.0 Å². The summed E-state index contributed by atoms with van der Waals surface area (Å²) in [5.41, 5.74) is -0.966. The minimum atomic E-state index is -4.43. The molecule has 0 aromatic carbocycles. The van der Waals surface area contributed by atoms with Crippen LogP contribution in [0.3, 0.4) is 0 Å². The largest absolute Gasteiger partial charge is 0.435 e. The minimum absolute atomic E-state index is 0.375. The van der Waals surface area contributed by atoms with Crippen LogP contribution in [0.1, 0.15) is 25.5 Å². The second-order valence-electron chi connectivity index (χ2n) is 4.59. The first kappa shape index (κ1) is 14.0. The monoisotopic (exact) mass is 274 g/mol. The van der Waals surface area contributed by atoms with Crippen molar-refractivity contribution in [3.8, 4) is 0 Å². The van der Waals surface area contributed by atoms with Crippen molar-refractivity contribution in [2.75, 3.05) is 25.0 Å². The Kier molecular flexibility index (Phi) is 4.24. The lowest BCUT2D eigenvalue weighted by Crippen LogP contribution is -2.31. The Bertz CT molecular complexity index is 400. The number of rotatable bonds is 6. The molecule has 1 aromatic rings. The lowest BCUT2D eigenvalue weighted by atomic mass is 10.3. The van der Waals surface area contributed by atoms with Gasteiger partial charge >= 0.3 is 6.18 Å². The Labute approximate surface area is 110 Å². The molecule has 1 fully saturated rings. The van der Waals surface area contributed by atoms with Gasteiger partial charge in [-0.15, -0.1) is 10.2 Å². The van der Waals surface area contributed by atoms with Gasteiger partial charge in [-0.1, -0.05) is 6.92 Å². The Hall–Kier alpha value is -1.37. The number of aromatic nitrogens is 2. The molecule has 0 unspecified atom stereocenters. The second-order valence-corrected chi connectivity index (χ2v) is 4.59. The summed E-state index contributed by atoms with van der Waals surface area (Å²) in [7, 11) is 0. The zero-order valence-corrected chi connectivity index (χ0v) is 10.7. The molecule has 4 nitrogen and oxygen atoms in total. The molecular weight excluding hydrogens is 257 g/mol. The molecule has 1 aliphatic carbocycles. The van der Waals surface area contributed by atoms with E-state index in [1.54, 1.807) is 0 Å². The Morgan fingerprint density at radius 1 is 1.32 bits per heavy atom. The first-order valence-electron chi connectivity index (χ1n) is 6.39. The van der Waals surface area contributed by atoms with Crippen LogP contribution >= 0.6 is 0 Å². The standard InChI is InChI=1S/C12H17F3N4/c1-2-19(9-3-4-9)8-7-16-11-6-5-10(17-18-11)12(13,14)15/h5-6,9H,2-4,7-8H2,1H3,(H,16,18). The van der Waals surface area contributed by atoms with Gasteiger partial charge in [0.2, 0.25) is 0 Å². The molecule has 0 radical (unpaired) electrons. The number of anilines is 1. The molecule has 1 aliphatic rings. The number of hydrogen-bond donors (Lipinski definition) is 1. The van der Waals surface area contributed by atoms with Gasteiger partial charge in [-0.05, 0) is 31.5 Å². The Balaban J connectivity index is 1.79. The van der Waals surface area contributed by atoms with E-state index in [0.717, 1.165) is 19.2 Å². The molecule has 1 saturated carbocycles. The molecule has 0 saturated heterocycles. The predicted octanol–water partition coefficient (Wildman–Crippen LogP) is 2.39. The SMILES string of the molecule is CCN(CCNc1ccc(C(F)(F)F)nn1)C1CC1. The summed E-state index contributed by atoms with van der Waals surface area (Å²) in [6, 6.07) is 2.93. The van der Waals surface area contributed by atoms with Crippen molar-refractivity contribution in [2.24, 2.45) is 0 Å². The number of nitrogens with one attached hydrogen (secondary N) is 1. The first-order chi connectivity index (χ1) is 9.00. The highest BCUT2D eigenvalue weighted by atomic mass is 19.4. The number of likely N-dealkylation sites (N-methyl/N-ethyl adjacent to an activating group) is 1. The van der Waals surface area contributed by atoms with Crippen molar-refractivity contribution in [1.29, 1.82) is 0 Å². The summed E-state index contributed by atoms with van der Waals surface area (Å²) in [6.07, 6.45) is -1.95. The van der Waals surface area contributed by atoms with E-state index in [2.05, 4.69) is 27.3 Å². The van der Waals surface area contributed by atoms with Gasteiger partial charge in [0.15, 0.2) is 5.69 Å². The van der Waals surface area contributed by atoms with Gasteiger partial charge in [0.25, 0.3) is 0 Å². The number of hydrogen-bond acceptors (Lipinski definition) is 4. The molecule has 0 amide bonds. The van der Waals surface area contributed by atoms with Gasteiger partial charge in [-0.3, -0.25) is 4.90 Å². The fraction of sp³-hybridized carbons (Fsp3) is 0.667. The molecule has 0 aliphatic heterocycles. The molecule has 0 spiro atoms. The molecule has 7 heteroatoms. The van der Waals surface area contributed by atoms with E-state index in [0.29, 0.717) is 18.4 Å². The van der Waals surface area contributed by atoms with E-state index in [4.69, 9.17) is 0 Å². The van der Waals surface area contributed by atoms with Crippen LogP contribution in [0, 0.1) is 0 Å². The third-order valence-electron chi connectivity index (χ3n) is 3.13. The van der Waals surface area contributed by atoms with E-state index in [9.17, 15) is 13.2 Å². The molecule has 1 aromatic heterocycles. The fourth-order valence-electron chi connectivity index (χ4n) is 1.94. The van der Waals surface area contributed by atoms with Crippen molar-refractivity contribution >= 4 is 5.82 Å². The molecule has 1 heterocycles. The summed E-state index contributed by atoms with van der Waals surface area (Å²) in [5, 5.41) is 9.68. The zero-order chi connectivity index (χ0) is 13.9. The van der Waals surface area contributed by atoms with Crippen molar-refractivity contribution in [2.45, 2.75) is 32.0 Å². The maximum Gasteiger partial charge on any atom is 0.435 e. The van der Waals surface area contributed by atoms with Crippen LogP contribution < -0.4 is 5.32 Å². The Morgan fingerprint density at radius 3 is 2.53 bits per heavy atom. The molecule has 0 bridgehead atoms.